The van der Waals surface area contributed by atoms with Gasteiger partial charge >= 0.3 is 0 Å². The zero-order valence-electron chi connectivity index (χ0n) is 14.1. The predicted molar refractivity (Wildman–Crippen MR) is 102 cm³/mol. The Labute approximate surface area is 151 Å². The van der Waals surface area contributed by atoms with Gasteiger partial charge in [0.05, 0.1) is 5.56 Å². The van der Waals surface area contributed by atoms with Gasteiger partial charge in [-0.05, 0) is 43.7 Å². The zero-order chi connectivity index (χ0) is 17.5. The Morgan fingerprint density at radius 1 is 1.17 bits per heavy atom. The average molecular weight is 363 g/mol. The van der Waals surface area contributed by atoms with Gasteiger partial charge in [-0.1, -0.05) is 18.2 Å². The van der Waals surface area contributed by atoms with E-state index in [1.54, 1.807) is 18.8 Å². The Morgan fingerprint density at radius 2 is 1.88 bits per heavy atom. The van der Waals surface area contributed by atoms with Crippen LogP contribution >= 0.6 is 23.1 Å². The fourth-order valence-corrected chi connectivity index (χ4v) is 4.19. The predicted octanol–water partition coefficient (Wildman–Crippen LogP) is 4.24. The highest BCUT2D eigenvalue weighted by Crippen LogP contribution is 2.32. The zero-order valence-corrected chi connectivity index (χ0v) is 15.8. The molecule has 24 heavy (non-hydrogen) atoms. The van der Waals surface area contributed by atoms with Crippen LogP contribution in [0.2, 0.25) is 0 Å². The van der Waals surface area contributed by atoms with Crippen molar-refractivity contribution in [3.05, 3.63) is 46.3 Å². The van der Waals surface area contributed by atoms with Crippen LogP contribution in [0.15, 0.2) is 35.2 Å². The average Bonchev–Trinajstić information content (AvgIpc) is 2.86. The van der Waals surface area contributed by atoms with E-state index >= 15 is 0 Å². The molecule has 2 N–H and O–H groups in total. The second-order valence-corrected chi connectivity index (χ2v) is 7.77. The largest absolute Gasteiger partial charge is 0.355 e. The molecule has 1 aromatic heterocycles. The number of thioether (sulfide) groups is 1. The van der Waals surface area contributed by atoms with Crippen molar-refractivity contribution in [2.24, 2.45) is 0 Å². The number of carbonyl (C=O) groups excluding carboxylic acids is 2. The summed E-state index contributed by atoms with van der Waals surface area (Å²) in [5.74, 6) is 0.684. The van der Waals surface area contributed by atoms with E-state index in [0.717, 1.165) is 22.6 Å². The summed E-state index contributed by atoms with van der Waals surface area (Å²) in [6.45, 7) is 3.86. The Balaban J connectivity index is 1.86. The lowest BCUT2D eigenvalue weighted by Crippen LogP contribution is -2.21. The minimum absolute atomic E-state index is 0.0462. The summed E-state index contributed by atoms with van der Waals surface area (Å²) < 4.78 is 0. The number of hydrogen-bond donors (Lipinski definition) is 2. The van der Waals surface area contributed by atoms with Gasteiger partial charge in [-0.2, -0.15) is 0 Å². The van der Waals surface area contributed by atoms with Crippen molar-refractivity contribution in [1.82, 2.24) is 5.32 Å². The molecule has 0 aliphatic rings. The van der Waals surface area contributed by atoms with E-state index in [-0.39, 0.29) is 11.8 Å². The maximum absolute atomic E-state index is 12.2. The number of nitrogens with one attached hydrogen (secondary N) is 2. The van der Waals surface area contributed by atoms with Crippen LogP contribution < -0.4 is 10.6 Å². The number of amides is 2. The molecule has 1 aromatic carbocycles. The number of anilines is 1. The Bertz CT molecular complexity index is 711. The highest BCUT2D eigenvalue weighted by Gasteiger charge is 2.19. The van der Waals surface area contributed by atoms with Crippen LogP contribution in [0.3, 0.4) is 0 Å². The molecule has 4 nitrogen and oxygen atoms in total. The number of hydrogen-bond acceptors (Lipinski definition) is 4. The molecular weight excluding hydrogens is 340 g/mol. The molecule has 0 saturated carbocycles. The lowest BCUT2D eigenvalue weighted by Gasteiger charge is -2.07. The summed E-state index contributed by atoms with van der Waals surface area (Å²) in [7, 11) is 1.60. The van der Waals surface area contributed by atoms with E-state index in [1.807, 2.05) is 32.0 Å². The molecule has 0 spiro atoms. The van der Waals surface area contributed by atoms with Gasteiger partial charge in [-0.3, -0.25) is 9.59 Å². The molecule has 0 unspecified atom stereocenters. The Hall–Kier alpha value is -1.79. The summed E-state index contributed by atoms with van der Waals surface area (Å²) >= 11 is 3.20. The summed E-state index contributed by atoms with van der Waals surface area (Å²) in [5, 5.41) is 6.17. The molecule has 0 fully saturated rings. The molecule has 128 valence electrons. The molecule has 0 bridgehead atoms. The van der Waals surface area contributed by atoms with Crippen molar-refractivity contribution in [2.45, 2.75) is 31.6 Å². The van der Waals surface area contributed by atoms with Gasteiger partial charge in [0.2, 0.25) is 5.91 Å². The summed E-state index contributed by atoms with van der Waals surface area (Å²) in [4.78, 5) is 26.4. The van der Waals surface area contributed by atoms with Crippen molar-refractivity contribution in [2.75, 3.05) is 18.1 Å². The van der Waals surface area contributed by atoms with Gasteiger partial charge in [0.25, 0.3) is 5.91 Å². The number of benzene rings is 1. The molecule has 0 aliphatic heterocycles. The maximum Gasteiger partial charge on any atom is 0.254 e. The lowest BCUT2D eigenvalue weighted by atomic mass is 10.1. The summed E-state index contributed by atoms with van der Waals surface area (Å²) in [6.07, 6.45) is 1.24. The maximum atomic E-state index is 12.2. The van der Waals surface area contributed by atoms with Crippen molar-refractivity contribution < 1.29 is 9.59 Å². The highest BCUT2D eigenvalue weighted by molar-refractivity contribution is 7.99. The van der Waals surface area contributed by atoms with Crippen LogP contribution in [0.4, 0.5) is 5.00 Å². The Morgan fingerprint density at radius 3 is 2.54 bits per heavy atom. The van der Waals surface area contributed by atoms with E-state index in [9.17, 15) is 9.59 Å². The molecule has 0 aliphatic carbocycles. The normalized spacial score (nSPS) is 10.5. The molecule has 0 saturated heterocycles. The minimum atomic E-state index is -0.160. The van der Waals surface area contributed by atoms with Crippen LogP contribution in [0.25, 0.3) is 0 Å². The minimum Gasteiger partial charge on any atom is -0.355 e. The van der Waals surface area contributed by atoms with Crippen LogP contribution in [0.5, 0.6) is 0 Å². The molecule has 2 rings (SSSR count). The molecule has 1 heterocycles. The molecular formula is C18H22N2O2S2. The standard InChI is InChI=1S/C18H22N2O2S2/c1-12-13(2)24-18(16(12)17(22)19-3)20-15(21)10-7-11-23-14-8-5-4-6-9-14/h4-6,8-9H,7,10-11H2,1-3H3,(H,19,22)(H,20,21). The first-order valence-electron chi connectivity index (χ1n) is 7.82. The summed E-state index contributed by atoms with van der Waals surface area (Å²) in [6, 6.07) is 10.1. The lowest BCUT2D eigenvalue weighted by molar-refractivity contribution is -0.116. The molecule has 6 heteroatoms. The van der Waals surface area contributed by atoms with Crippen LogP contribution in [0.1, 0.15) is 33.6 Å². The van der Waals surface area contributed by atoms with E-state index in [4.69, 9.17) is 0 Å². The van der Waals surface area contributed by atoms with E-state index in [2.05, 4.69) is 22.8 Å². The van der Waals surface area contributed by atoms with Gasteiger partial charge in [0.1, 0.15) is 5.00 Å². The third-order valence-corrected chi connectivity index (χ3v) is 5.87. The Kier molecular flexibility index (Phi) is 6.87. The topological polar surface area (TPSA) is 58.2 Å². The van der Waals surface area contributed by atoms with Gasteiger partial charge in [-0.15, -0.1) is 23.1 Å². The fourth-order valence-electron chi connectivity index (χ4n) is 2.24. The quantitative estimate of drug-likeness (QED) is 0.572. The van der Waals surface area contributed by atoms with Gasteiger partial charge < -0.3 is 10.6 Å². The first-order chi connectivity index (χ1) is 11.5. The van der Waals surface area contributed by atoms with Crippen molar-refractivity contribution in [3.8, 4) is 0 Å². The van der Waals surface area contributed by atoms with Crippen LogP contribution in [-0.4, -0.2) is 24.6 Å². The molecule has 0 atom stereocenters. The number of thiophene rings is 1. The van der Waals surface area contributed by atoms with Gasteiger partial charge in [0.15, 0.2) is 0 Å². The number of rotatable bonds is 7. The monoisotopic (exact) mass is 362 g/mol. The summed E-state index contributed by atoms with van der Waals surface area (Å²) in [5.41, 5.74) is 1.50. The molecule has 0 radical (unpaired) electrons. The molecule has 2 aromatic rings. The van der Waals surface area contributed by atoms with Crippen molar-refractivity contribution >= 4 is 39.9 Å². The third-order valence-electron chi connectivity index (χ3n) is 3.65. The van der Waals surface area contributed by atoms with Gasteiger partial charge in [-0.25, -0.2) is 0 Å². The van der Waals surface area contributed by atoms with E-state index in [1.165, 1.54) is 16.2 Å². The first kappa shape index (κ1) is 18.5. The second kappa shape index (κ2) is 8.89. The van der Waals surface area contributed by atoms with Crippen LogP contribution in [-0.2, 0) is 4.79 Å². The SMILES string of the molecule is CNC(=O)c1c(NC(=O)CCCSc2ccccc2)sc(C)c1C. The van der Waals surface area contributed by atoms with E-state index < -0.39 is 0 Å². The van der Waals surface area contributed by atoms with Crippen molar-refractivity contribution in [1.29, 1.82) is 0 Å². The number of aryl methyl sites for hydroxylation is 1. The highest BCUT2D eigenvalue weighted by atomic mass is 32.2. The van der Waals surface area contributed by atoms with E-state index in [0.29, 0.717) is 17.0 Å². The smallest absolute Gasteiger partial charge is 0.254 e. The fraction of sp³-hybridized carbons (Fsp3) is 0.333. The third kappa shape index (κ3) is 4.85. The van der Waals surface area contributed by atoms with Gasteiger partial charge in [0, 0.05) is 23.2 Å². The molecule has 2 amide bonds. The van der Waals surface area contributed by atoms with Crippen molar-refractivity contribution in [3.63, 3.8) is 0 Å². The second-order valence-electron chi connectivity index (χ2n) is 5.38. The number of carbonyl (C=O) groups is 2. The van der Waals surface area contributed by atoms with Crippen LogP contribution in [0, 0.1) is 13.8 Å². The first-order valence-corrected chi connectivity index (χ1v) is 9.63.